The van der Waals surface area contributed by atoms with Crippen molar-refractivity contribution in [2.24, 2.45) is 5.73 Å². The number of hydrogen-bond acceptors (Lipinski definition) is 2. The number of aliphatic hydroxyl groups excluding tert-OH is 1. The molecule has 1 aromatic carbocycles. The molecular formula is C9H11ClFNO. The molecule has 3 N–H and O–H groups in total. The molecule has 0 bridgehead atoms. The Hall–Kier alpha value is -0.640. The maximum absolute atomic E-state index is 13.0. The summed E-state index contributed by atoms with van der Waals surface area (Å²) in [5, 5.41) is 9.38. The third-order valence-electron chi connectivity index (χ3n) is 1.84. The number of benzene rings is 1. The highest BCUT2D eigenvalue weighted by molar-refractivity contribution is 6.30. The maximum atomic E-state index is 13.0. The number of nitrogens with two attached hydrogens (primary N) is 1. The van der Waals surface area contributed by atoms with Gasteiger partial charge in [-0.25, -0.2) is 4.39 Å². The van der Waals surface area contributed by atoms with Crippen molar-refractivity contribution < 1.29 is 9.50 Å². The highest BCUT2D eigenvalue weighted by Gasteiger charge is 2.10. The van der Waals surface area contributed by atoms with Crippen LogP contribution >= 0.6 is 11.6 Å². The fourth-order valence-corrected chi connectivity index (χ4v) is 1.36. The lowest BCUT2D eigenvalue weighted by Gasteiger charge is -2.10. The van der Waals surface area contributed by atoms with Crippen LogP contribution in [0.2, 0.25) is 5.02 Å². The van der Waals surface area contributed by atoms with Crippen molar-refractivity contribution in [1.29, 1.82) is 0 Å². The lowest BCUT2D eigenvalue weighted by atomic mass is 10.1. The van der Waals surface area contributed by atoms with Gasteiger partial charge in [-0.15, -0.1) is 0 Å². The Morgan fingerprint density at radius 2 is 2.23 bits per heavy atom. The van der Waals surface area contributed by atoms with Crippen LogP contribution in [0.5, 0.6) is 0 Å². The van der Waals surface area contributed by atoms with Crippen LogP contribution in [-0.2, 0) is 0 Å². The van der Waals surface area contributed by atoms with Crippen LogP contribution in [0.1, 0.15) is 17.2 Å². The zero-order valence-electron chi connectivity index (χ0n) is 7.22. The van der Waals surface area contributed by atoms with Crippen molar-refractivity contribution in [2.45, 2.75) is 13.0 Å². The van der Waals surface area contributed by atoms with E-state index in [-0.39, 0.29) is 11.6 Å². The Balaban J connectivity index is 3.13. The van der Waals surface area contributed by atoms with Crippen molar-refractivity contribution in [2.75, 3.05) is 6.54 Å². The third-order valence-corrected chi connectivity index (χ3v) is 2.12. The summed E-state index contributed by atoms with van der Waals surface area (Å²) in [6.45, 7) is 1.69. The Bertz CT molecular complexity index is 293. The summed E-state index contributed by atoms with van der Waals surface area (Å²) in [5.41, 5.74) is 6.22. The molecule has 0 radical (unpaired) electrons. The molecule has 13 heavy (non-hydrogen) atoms. The predicted molar refractivity (Wildman–Crippen MR) is 50.2 cm³/mol. The molecule has 0 aliphatic heterocycles. The molecule has 0 saturated heterocycles. The lowest BCUT2D eigenvalue weighted by molar-refractivity contribution is 0.186. The fraction of sp³-hybridized carbons (Fsp3) is 0.333. The first-order valence-electron chi connectivity index (χ1n) is 3.90. The number of rotatable bonds is 2. The van der Waals surface area contributed by atoms with E-state index in [4.69, 9.17) is 17.3 Å². The molecule has 1 rings (SSSR count). The molecule has 1 atom stereocenters. The smallest absolute Gasteiger partial charge is 0.144 e. The summed E-state index contributed by atoms with van der Waals surface area (Å²) >= 11 is 5.59. The minimum Gasteiger partial charge on any atom is -0.387 e. The number of aryl methyl sites for hydroxylation is 1. The molecule has 0 aliphatic rings. The molecule has 0 saturated carbocycles. The van der Waals surface area contributed by atoms with Crippen molar-refractivity contribution in [3.63, 3.8) is 0 Å². The van der Waals surface area contributed by atoms with E-state index >= 15 is 0 Å². The molecule has 0 amide bonds. The van der Waals surface area contributed by atoms with Crippen LogP contribution < -0.4 is 5.73 Å². The minimum atomic E-state index is -0.781. The van der Waals surface area contributed by atoms with Gasteiger partial charge in [0.15, 0.2) is 0 Å². The average Bonchev–Trinajstić information content (AvgIpc) is 2.12. The van der Waals surface area contributed by atoms with Crippen LogP contribution in [0, 0.1) is 12.7 Å². The Morgan fingerprint density at radius 1 is 1.62 bits per heavy atom. The van der Waals surface area contributed by atoms with Crippen LogP contribution in [0.15, 0.2) is 12.1 Å². The summed E-state index contributed by atoms with van der Waals surface area (Å²) in [6, 6.07) is 2.93. The average molecular weight is 204 g/mol. The SMILES string of the molecule is Cc1cc(C(O)CN)cc(Cl)c1F. The molecule has 0 spiro atoms. The molecule has 0 heterocycles. The lowest BCUT2D eigenvalue weighted by Crippen LogP contribution is -2.11. The van der Waals surface area contributed by atoms with E-state index in [2.05, 4.69) is 0 Å². The number of aliphatic hydroxyl groups is 1. The first-order valence-corrected chi connectivity index (χ1v) is 4.27. The summed E-state index contributed by atoms with van der Waals surface area (Å²) in [6.07, 6.45) is -0.781. The van der Waals surface area contributed by atoms with Crippen LogP contribution in [0.25, 0.3) is 0 Å². The second-order valence-corrected chi connectivity index (χ2v) is 3.29. The molecular weight excluding hydrogens is 193 g/mol. The van der Waals surface area contributed by atoms with Gasteiger partial charge < -0.3 is 10.8 Å². The van der Waals surface area contributed by atoms with Crippen molar-refractivity contribution >= 4 is 11.6 Å². The molecule has 0 aromatic heterocycles. The van der Waals surface area contributed by atoms with Gasteiger partial charge in [-0.2, -0.15) is 0 Å². The first kappa shape index (κ1) is 10.4. The fourth-order valence-electron chi connectivity index (χ4n) is 1.08. The van der Waals surface area contributed by atoms with Gasteiger partial charge in [0, 0.05) is 6.54 Å². The van der Waals surface area contributed by atoms with E-state index in [1.807, 2.05) is 0 Å². The first-order chi connectivity index (χ1) is 6.06. The summed E-state index contributed by atoms with van der Waals surface area (Å²) in [4.78, 5) is 0. The van der Waals surface area contributed by atoms with E-state index in [9.17, 15) is 9.50 Å². The second kappa shape index (κ2) is 4.05. The van der Waals surface area contributed by atoms with Gasteiger partial charge in [0.2, 0.25) is 0 Å². The van der Waals surface area contributed by atoms with Crippen molar-refractivity contribution in [1.82, 2.24) is 0 Å². The third kappa shape index (κ3) is 2.18. The van der Waals surface area contributed by atoms with Crippen LogP contribution in [0.3, 0.4) is 0 Å². The summed E-state index contributed by atoms with van der Waals surface area (Å²) in [7, 11) is 0. The molecule has 0 aliphatic carbocycles. The summed E-state index contributed by atoms with van der Waals surface area (Å²) < 4.78 is 13.0. The molecule has 4 heteroatoms. The van der Waals surface area contributed by atoms with E-state index in [0.717, 1.165) is 0 Å². The van der Waals surface area contributed by atoms with E-state index in [0.29, 0.717) is 11.1 Å². The van der Waals surface area contributed by atoms with Crippen LogP contribution in [-0.4, -0.2) is 11.7 Å². The topological polar surface area (TPSA) is 46.2 Å². The zero-order valence-corrected chi connectivity index (χ0v) is 7.98. The zero-order chi connectivity index (χ0) is 10.0. The van der Waals surface area contributed by atoms with Crippen molar-refractivity contribution in [3.05, 3.63) is 34.1 Å². The molecule has 1 aromatic rings. The predicted octanol–water partition coefficient (Wildman–Crippen LogP) is 1.78. The van der Waals surface area contributed by atoms with Gasteiger partial charge in [0.25, 0.3) is 0 Å². The Labute approximate surface area is 81.1 Å². The number of hydrogen-bond donors (Lipinski definition) is 2. The van der Waals surface area contributed by atoms with Gasteiger partial charge in [-0.05, 0) is 24.1 Å². The van der Waals surface area contributed by atoms with Gasteiger partial charge in [-0.3, -0.25) is 0 Å². The number of halogens is 2. The Morgan fingerprint density at radius 3 is 2.69 bits per heavy atom. The molecule has 72 valence electrons. The van der Waals surface area contributed by atoms with Gasteiger partial charge >= 0.3 is 0 Å². The van der Waals surface area contributed by atoms with Gasteiger partial charge in [0.1, 0.15) is 5.82 Å². The van der Waals surface area contributed by atoms with E-state index in [1.165, 1.54) is 6.07 Å². The second-order valence-electron chi connectivity index (χ2n) is 2.89. The highest BCUT2D eigenvalue weighted by atomic mass is 35.5. The molecule has 0 fully saturated rings. The van der Waals surface area contributed by atoms with E-state index in [1.54, 1.807) is 13.0 Å². The minimum absolute atomic E-state index is 0.0162. The van der Waals surface area contributed by atoms with Gasteiger partial charge in [0.05, 0.1) is 11.1 Å². The largest absolute Gasteiger partial charge is 0.387 e. The Kier molecular flexibility index (Phi) is 3.25. The quantitative estimate of drug-likeness (QED) is 0.770. The normalized spacial score (nSPS) is 13.0. The van der Waals surface area contributed by atoms with E-state index < -0.39 is 11.9 Å². The monoisotopic (exact) mass is 203 g/mol. The summed E-state index contributed by atoms with van der Waals surface area (Å²) in [5.74, 6) is -0.449. The maximum Gasteiger partial charge on any atom is 0.144 e. The standard InChI is InChI=1S/C9H11ClFNO/c1-5-2-6(8(13)4-12)3-7(10)9(5)11/h2-3,8,13H,4,12H2,1H3. The molecule has 1 unspecified atom stereocenters. The highest BCUT2D eigenvalue weighted by Crippen LogP contribution is 2.23. The van der Waals surface area contributed by atoms with Crippen LogP contribution in [0.4, 0.5) is 4.39 Å². The van der Waals surface area contributed by atoms with Gasteiger partial charge in [-0.1, -0.05) is 17.7 Å². The molecule has 2 nitrogen and oxygen atoms in total. The van der Waals surface area contributed by atoms with Crippen molar-refractivity contribution in [3.8, 4) is 0 Å².